The van der Waals surface area contributed by atoms with Gasteiger partial charge in [-0.05, 0) is 36.8 Å². The van der Waals surface area contributed by atoms with Crippen LogP contribution in [0.15, 0.2) is 42.5 Å². The first-order chi connectivity index (χ1) is 9.47. The Hall–Kier alpha value is -2.89. The lowest BCUT2D eigenvalue weighted by Crippen LogP contribution is -2.01. The molecule has 6 heteroatoms. The molecule has 0 bridgehead atoms. The molecule has 2 N–H and O–H groups in total. The van der Waals surface area contributed by atoms with Gasteiger partial charge >= 0.3 is 5.97 Å². The highest BCUT2D eigenvalue weighted by molar-refractivity contribution is 5.90. The third kappa shape index (κ3) is 2.92. The van der Waals surface area contributed by atoms with Crippen LogP contribution in [0.25, 0.3) is 0 Å². The van der Waals surface area contributed by atoms with Crippen LogP contribution < -0.4 is 5.32 Å². The SMILES string of the molecule is Cc1cccc(Nc2cc(C(=O)O)ccc2[N+](=O)[O-])c1. The summed E-state index contributed by atoms with van der Waals surface area (Å²) in [7, 11) is 0. The maximum absolute atomic E-state index is 11.0. The molecule has 2 aromatic rings. The van der Waals surface area contributed by atoms with Gasteiger partial charge in [-0.3, -0.25) is 10.1 Å². The molecule has 0 aliphatic carbocycles. The zero-order chi connectivity index (χ0) is 14.7. The minimum Gasteiger partial charge on any atom is -0.478 e. The molecule has 0 saturated heterocycles. The number of nitro groups is 1. The molecule has 20 heavy (non-hydrogen) atoms. The number of nitro benzene ring substituents is 1. The predicted octanol–water partition coefficient (Wildman–Crippen LogP) is 3.35. The highest BCUT2D eigenvalue weighted by Crippen LogP contribution is 2.29. The van der Waals surface area contributed by atoms with Crippen LogP contribution in [-0.4, -0.2) is 16.0 Å². The molecule has 0 amide bonds. The monoisotopic (exact) mass is 272 g/mol. The summed E-state index contributed by atoms with van der Waals surface area (Å²) in [6.07, 6.45) is 0. The maximum Gasteiger partial charge on any atom is 0.335 e. The average molecular weight is 272 g/mol. The van der Waals surface area contributed by atoms with Gasteiger partial charge in [0, 0.05) is 11.8 Å². The van der Waals surface area contributed by atoms with E-state index >= 15 is 0 Å². The highest BCUT2D eigenvalue weighted by Gasteiger charge is 2.16. The molecule has 0 aromatic heterocycles. The van der Waals surface area contributed by atoms with Crippen molar-refractivity contribution >= 4 is 23.0 Å². The second-order valence-corrected chi connectivity index (χ2v) is 4.29. The summed E-state index contributed by atoms with van der Waals surface area (Å²) in [5, 5.41) is 22.8. The predicted molar refractivity (Wildman–Crippen MR) is 74.5 cm³/mol. The van der Waals surface area contributed by atoms with Gasteiger partial charge in [0.25, 0.3) is 5.69 Å². The lowest BCUT2D eigenvalue weighted by atomic mass is 10.1. The number of nitrogens with zero attached hydrogens (tertiary/aromatic N) is 1. The molecule has 6 nitrogen and oxygen atoms in total. The molecule has 0 saturated carbocycles. The summed E-state index contributed by atoms with van der Waals surface area (Å²) in [6.45, 7) is 1.90. The molecule has 0 radical (unpaired) electrons. The van der Waals surface area contributed by atoms with Crippen LogP contribution >= 0.6 is 0 Å². The van der Waals surface area contributed by atoms with Crippen molar-refractivity contribution in [3.63, 3.8) is 0 Å². The number of nitrogens with one attached hydrogen (secondary N) is 1. The van der Waals surface area contributed by atoms with Gasteiger partial charge in [-0.1, -0.05) is 12.1 Å². The smallest absolute Gasteiger partial charge is 0.335 e. The summed E-state index contributed by atoms with van der Waals surface area (Å²) in [5.74, 6) is -1.13. The molecular weight excluding hydrogens is 260 g/mol. The molecule has 0 spiro atoms. The lowest BCUT2D eigenvalue weighted by Gasteiger charge is -2.08. The topological polar surface area (TPSA) is 92.5 Å². The van der Waals surface area contributed by atoms with Gasteiger partial charge in [-0.25, -0.2) is 4.79 Å². The Bertz CT molecular complexity index is 683. The number of hydrogen-bond donors (Lipinski definition) is 2. The Morgan fingerprint density at radius 3 is 2.60 bits per heavy atom. The van der Waals surface area contributed by atoms with Crippen molar-refractivity contribution in [3.05, 3.63) is 63.7 Å². The van der Waals surface area contributed by atoms with Gasteiger partial charge < -0.3 is 10.4 Å². The van der Waals surface area contributed by atoms with E-state index < -0.39 is 10.9 Å². The normalized spacial score (nSPS) is 10.1. The molecule has 0 atom stereocenters. The van der Waals surface area contributed by atoms with Crippen molar-refractivity contribution in [3.8, 4) is 0 Å². The van der Waals surface area contributed by atoms with Crippen molar-refractivity contribution in [1.82, 2.24) is 0 Å². The number of carboxylic acids is 1. The van der Waals surface area contributed by atoms with Crippen LogP contribution in [0, 0.1) is 17.0 Å². The number of carbonyl (C=O) groups is 1. The standard InChI is InChI=1S/C14H12N2O4/c1-9-3-2-4-11(7-9)15-12-8-10(14(17)18)5-6-13(12)16(19)20/h2-8,15H,1H3,(H,17,18). The van der Waals surface area contributed by atoms with Crippen molar-refractivity contribution in [2.75, 3.05) is 5.32 Å². The molecule has 0 unspecified atom stereocenters. The quantitative estimate of drug-likeness (QED) is 0.657. The first-order valence-electron chi connectivity index (χ1n) is 5.83. The summed E-state index contributed by atoms with van der Waals surface area (Å²) in [4.78, 5) is 21.4. The Morgan fingerprint density at radius 1 is 1.25 bits per heavy atom. The molecule has 0 heterocycles. The van der Waals surface area contributed by atoms with E-state index in [1.807, 2.05) is 25.1 Å². The Morgan fingerprint density at radius 2 is 2.00 bits per heavy atom. The number of aromatic carboxylic acids is 1. The van der Waals surface area contributed by atoms with E-state index in [4.69, 9.17) is 5.11 Å². The van der Waals surface area contributed by atoms with Gasteiger partial charge in [0.05, 0.1) is 10.5 Å². The van der Waals surface area contributed by atoms with Crippen LogP contribution in [0.5, 0.6) is 0 Å². The van der Waals surface area contributed by atoms with Crippen molar-refractivity contribution in [1.29, 1.82) is 0 Å². The van der Waals surface area contributed by atoms with E-state index in [1.54, 1.807) is 6.07 Å². The lowest BCUT2D eigenvalue weighted by molar-refractivity contribution is -0.383. The molecule has 2 aromatic carbocycles. The fourth-order valence-electron chi connectivity index (χ4n) is 1.81. The number of hydrogen-bond acceptors (Lipinski definition) is 4. The number of anilines is 2. The minimum atomic E-state index is -1.13. The second kappa shape index (κ2) is 5.40. The van der Waals surface area contributed by atoms with E-state index in [9.17, 15) is 14.9 Å². The highest BCUT2D eigenvalue weighted by atomic mass is 16.6. The number of rotatable bonds is 4. The third-order valence-corrected chi connectivity index (χ3v) is 2.74. The number of benzene rings is 2. The van der Waals surface area contributed by atoms with Crippen molar-refractivity contribution in [2.24, 2.45) is 0 Å². The van der Waals surface area contributed by atoms with E-state index in [0.29, 0.717) is 5.69 Å². The Kier molecular flexibility index (Phi) is 3.65. The summed E-state index contributed by atoms with van der Waals surface area (Å²) in [5.41, 5.74) is 1.63. The zero-order valence-electron chi connectivity index (χ0n) is 10.7. The molecule has 0 aliphatic rings. The summed E-state index contributed by atoms with van der Waals surface area (Å²) < 4.78 is 0. The van der Waals surface area contributed by atoms with Crippen LogP contribution in [0.1, 0.15) is 15.9 Å². The second-order valence-electron chi connectivity index (χ2n) is 4.29. The third-order valence-electron chi connectivity index (χ3n) is 2.74. The zero-order valence-corrected chi connectivity index (χ0v) is 10.7. The van der Waals surface area contributed by atoms with E-state index in [-0.39, 0.29) is 16.9 Å². The van der Waals surface area contributed by atoms with Crippen LogP contribution in [0.4, 0.5) is 17.1 Å². The molecule has 0 fully saturated rings. The maximum atomic E-state index is 11.0. The molecule has 102 valence electrons. The average Bonchev–Trinajstić information content (AvgIpc) is 2.38. The first-order valence-corrected chi connectivity index (χ1v) is 5.83. The van der Waals surface area contributed by atoms with Crippen molar-refractivity contribution in [2.45, 2.75) is 6.92 Å². The molecule has 0 aliphatic heterocycles. The first kappa shape index (κ1) is 13.5. The van der Waals surface area contributed by atoms with E-state index in [2.05, 4.69) is 5.32 Å². The van der Waals surface area contributed by atoms with E-state index in [1.165, 1.54) is 18.2 Å². The fourth-order valence-corrected chi connectivity index (χ4v) is 1.81. The van der Waals surface area contributed by atoms with Gasteiger partial charge in [0.1, 0.15) is 5.69 Å². The van der Waals surface area contributed by atoms with Gasteiger partial charge in [-0.15, -0.1) is 0 Å². The van der Waals surface area contributed by atoms with Gasteiger partial charge in [0.2, 0.25) is 0 Å². The number of carboxylic acid groups (broad SMARTS) is 1. The number of aryl methyl sites for hydroxylation is 1. The van der Waals surface area contributed by atoms with Crippen LogP contribution in [0.2, 0.25) is 0 Å². The van der Waals surface area contributed by atoms with Crippen molar-refractivity contribution < 1.29 is 14.8 Å². The van der Waals surface area contributed by atoms with Crippen LogP contribution in [0.3, 0.4) is 0 Å². The minimum absolute atomic E-state index is 0.00856. The van der Waals surface area contributed by atoms with Crippen LogP contribution in [-0.2, 0) is 0 Å². The van der Waals surface area contributed by atoms with Gasteiger partial charge in [0.15, 0.2) is 0 Å². The van der Waals surface area contributed by atoms with E-state index in [0.717, 1.165) is 5.56 Å². The largest absolute Gasteiger partial charge is 0.478 e. The fraction of sp³-hybridized carbons (Fsp3) is 0.0714. The summed E-state index contributed by atoms with van der Waals surface area (Å²) in [6, 6.07) is 10.9. The molecular formula is C14H12N2O4. The summed E-state index contributed by atoms with van der Waals surface area (Å²) >= 11 is 0. The Labute approximate surface area is 114 Å². The van der Waals surface area contributed by atoms with Gasteiger partial charge in [-0.2, -0.15) is 0 Å². The Balaban J connectivity index is 2.44. The molecule has 2 rings (SSSR count).